The lowest BCUT2D eigenvalue weighted by Crippen LogP contribution is -2.32. The standard InChI is InChI=1S/C20H20N2O4S/c1-25-20(24)15-5-2-6-16(11-15)21-19(23)14-22(12-17-7-3-9-26-17)13-18-8-4-10-27-18/h2-11H,12-14H2,1H3,(H,21,23). The Morgan fingerprint density at radius 2 is 2.04 bits per heavy atom. The quantitative estimate of drug-likeness (QED) is 0.599. The summed E-state index contributed by atoms with van der Waals surface area (Å²) in [7, 11) is 1.32. The van der Waals surface area contributed by atoms with Gasteiger partial charge in [-0.05, 0) is 41.8 Å². The maximum atomic E-state index is 12.5. The Balaban J connectivity index is 1.65. The van der Waals surface area contributed by atoms with E-state index < -0.39 is 5.97 Å². The third kappa shape index (κ3) is 5.54. The zero-order valence-electron chi connectivity index (χ0n) is 14.9. The Morgan fingerprint density at radius 3 is 2.74 bits per heavy atom. The summed E-state index contributed by atoms with van der Waals surface area (Å²) in [6.07, 6.45) is 1.62. The summed E-state index contributed by atoms with van der Waals surface area (Å²) in [6.45, 7) is 1.37. The number of carbonyl (C=O) groups is 2. The lowest BCUT2D eigenvalue weighted by atomic mass is 10.2. The van der Waals surface area contributed by atoms with Crippen LogP contribution >= 0.6 is 11.3 Å². The average Bonchev–Trinajstić information content (AvgIpc) is 3.35. The molecule has 2 heterocycles. The Morgan fingerprint density at radius 1 is 1.15 bits per heavy atom. The second kappa shape index (κ2) is 9.16. The van der Waals surface area contributed by atoms with Gasteiger partial charge in [-0.25, -0.2) is 4.79 Å². The van der Waals surface area contributed by atoms with Crippen LogP contribution in [0.4, 0.5) is 5.69 Å². The zero-order chi connectivity index (χ0) is 19.1. The first kappa shape index (κ1) is 18.9. The Hall–Kier alpha value is -2.90. The number of ether oxygens (including phenoxy) is 1. The molecule has 7 heteroatoms. The fraction of sp³-hybridized carbons (Fsp3) is 0.200. The van der Waals surface area contributed by atoms with Crippen molar-refractivity contribution in [3.8, 4) is 0 Å². The predicted octanol–water partition coefficient (Wildman–Crippen LogP) is 3.77. The van der Waals surface area contributed by atoms with Gasteiger partial charge in [0, 0.05) is 17.1 Å². The van der Waals surface area contributed by atoms with Crippen LogP contribution in [0.2, 0.25) is 0 Å². The molecule has 140 valence electrons. The lowest BCUT2D eigenvalue weighted by Gasteiger charge is -2.20. The Kier molecular flexibility index (Phi) is 6.40. The van der Waals surface area contributed by atoms with Crippen molar-refractivity contribution in [3.63, 3.8) is 0 Å². The molecule has 0 unspecified atom stereocenters. The molecule has 1 aromatic carbocycles. The molecule has 0 aliphatic heterocycles. The van der Waals surface area contributed by atoms with Crippen LogP contribution in [0.15, 0.2) is 64.6 Å². The summed E-state index contributed by atoms with van der Waals surface area (Å²) in [5.74, 6) is 0.190. The zero-order valence-corrected chi connectivity index (χ0v) is 15.7. The topological polar surface area (TPSA) is 71.8 Å². The third-order valence-electron chi connectivity index (χ3n) is 3.85. The van der Waals surface area contributed by atoms with Crippen LogP contribution in [0.3, 0.4) is 0 Å². The number of anilines is 1. The fourth-order valence-corrected chi connectivity index (χ4v) is 3.41. The highest BCUT2D eigenvalue weighted by Gasteiger charge is 2.15. The number of methoxy groups -OCH3 is 1. The maximum absolute atomic E-state index is 12.5. The van der Waals surface area contributed by atoms with Gasteiger partial charge >= 0.3 is 5.97 Å². The van der Waals surface area contributed by atoms with E-state index in [4.69, 9.17) is 9.15 Å². The van der Waals surface area contributed by atoms with Crippen molar-refractivity contribution >= 4 is 28.9 Å². The first-order valence-corrected chi connectivity index (χ1v) is 9.27. The molecule has 2 aromatic heterocycles. The van der Waals surface area contributed by atoms with E-state index in [-0.39, 0.29) is 12.5 Å². The summed E-state index contributed by atoms with van der Waals surface area (Å²) < 4.78 is 10.1. The van der Waals surface area contributed by atoms with Crippen LogP contribution in [0.1, 0.15) is 21.0 Å². The number of esters is 1. The molecule has 27 heavy (non-hydrogen) atoms. The van der Waals surface area contributed by atoms with Crippen molar-refractivity contribution in [2.45, 2.75) is 13.1 Å². The van der Waals surface area contributed by atoms with Crippen LogP contribution in [0.5, 0.6) is 0 Å². The van der Waals surface area contributed by atoms with Gasteiger partial charge in [0.15, 0.2) is 0 Å². The van der Waals surface area contributed by atoms with Crippen molar-refractivity contribution < 1.29 is 18.7 Å². The summed E-state index contributed by atoms with van der Waals surface area (Å²) in [5.41, 5.74) is 0.943. The smallest absolute Gasteiger partial charge is 0.337 e. The van der Waals surface area contributed by atoms with E-state index in [0.717, 1.165) is 5.76 Å². The molecular weight excluding hydrogens is 364 g/mol. The number of hydrogen-bond donors (Lipinski definition) is 1. The van der Waals surface area contributed by atoms with Crippen molar-refractivity contribution in [3.05, 3.63) is 76.4 Å². The maximum Gasteiger partial charge on any atom is 0.337 e. The normalized spacial score (nSPS) is 10.7. The number of nitrogens with one attached hydrogen (secondary N) is 1. The average molecular weight is 384 g/mol. The van der Waals surface area contributed by atoms with Crippen molar-refractivity contribution in [2.75, 3.05) is 19.0 Å². The minimum atomic E-state index is -0.441. The molecule has 3 aromatic rings. The van der Waals surface area contributed by atoms with Gasteiger partial charge in [-0.15, -0.1) is 11.3 Å². The van der Waals surface area contributed by atoms with E-state index in [1.165, 1.54) is 12.0 Å². The summed E-state index contributed by atoms with van der Waals surface area (Å²) in [5, 5.41) is 4.85. The van der Waals surface area contributed by atoms with E-state index in [9.17, 15) is 9.59 Å². The molecule has 0 saturated heterocycles. The van der Waals surface area contributed by atoms with E-state index in [0.29, 0.717) is 24.3 Å². The van der Waals surface area contributed by atoms with Crippen molar-refractivity contribution in [1.82, 2.24) is 4.90 Å². The molecule has 0 aliphatic carbocycles. The molecule has 0 fully saturated rings. The Bertz CT molecular complexity index is 839. The number of rotatable bonds is 8. The number of nitrogens with zero attached hydrogens (tertiary/aromatic N) is 1. The van der Waals surface area contributed by atoms with E-state index in [1.807, 2.05) is 34.5 Å². The molecular formula is C20H20N2O4S. The molecule has 0 atom stereocenters. The van der Waals surface area contributed by atoms with Crippen LogP contribution in [0, 0.1) is 0 Å². The number of thiophene rings is 1. The molecule has 1 N–H and O–H groups in total. The second-order valence-electron chi connectivity index (χ2n) is 5.92. The predicted molar refractivity (Wildman–Crippen MR) is 104 cm³/mol. The summed E-state index contributed by atoms with van der Waals surface area (Å²) in [4.78, 5) is 27.3. The van der Waals surface area contributed by atoms with Crippen LogP contribution < -0.4 is 5.32 Å². The minimum absolute atomic E-state index is 0.167. The first-order chi connectivity index (χ1) is 13.1. The third-order valence-corrected chi connectivity index (χ3v) is 4.71. The first-order valence-electron chi connectivity index (χ1n) is 8.39. The van der Waals surface area contributed by atoms with Gasteiger partial charge in [-0.1, -0.05) is 12.1 Å². The number of amides is 1. The SMILES string of the molecule is COC(=O)c1cccc(NC(=O)CN(Cc2ccco2)Cc2cccs2)c1. The van der Waals surface area contributed by atoms with Gasteiger partial charge in [-0.3, -0.25) is 9.69 Å². The highest BCUT2D eigenvalue weighted by molar-refractivity contribution is 7.09. The van der Waals surface area contributed by atoms with Gasteiger partial charge in [-0.2, -0.15) is 0 Å². The van der Waals surface area contributed by atoms with Gasteiger partial charge in [0.2, 0.25) is 5.91 Å². The molecule has 0 saturated carbocycles. The van der Waals surface area contributed by atoms with Gasteiger partial charge < -0.3 is 14.5 Å². The highest BCUT2D eigenvalue weighted by Crippen LogP contribution is 2.16. The highest BCUT2D eigenvalue weighted by atomic mass is 32.1. The number of hydrogen-bond acceptors (Lipinski definition) is 6. The van der Waals surface area contributed by atoms with Crippen LogP contribution in [0.25, 0.3) is 0 Å². The molecule has 1 amide bonds. The summed E-state index contributed by atoms with van der Waals surface area (Å²) in [6, 6.07) is 14.4. The van der Waals surface area contributed by atoms with Crippen molar-refractivity contribution in [2.24, 2.45) is 0 Å². The van der Waals surface area contributed by atoms with Crippen molar-refractivity contribution in [1.29, 1.82) is 0 Å². The second-order valence-corrected chi connectivity index (χ2v) is 6.96. The van der Waals surface area contributed by atoms with E-state index >= 15 is 0 Å². The van der Waals surface area contributed by atoms with E-state index in [1.54, 1.807) is 41.9 Å². The van der Waals surface area contributed by atoms with E-state index in [2.05, 4.69) is 5.32 Å². The van der Waals surface area contributed by atoms with Crippen LogP contribution in [-0.4, -0.2) is 30.4 Å². The summed E-state index contributed by atoms with van der Waals surface area (Å²) >= 11 is 1.65. The lowest BCUT2D eigenvalue weighted by molar-refractivity contribution is -0.117. The monoisotopic (exact) mass is 384 g/mol. The molecule has 0 radical (unpaired) electrons. The minimum Gasteiger partial charge on any atom is -0.468 e. The van der Waals surface area contributed by atoms with Gasteiger partial charge in [0.25, 0.3) is 0 Å². The molecule has 6 nitrogen and oxygen atoms in total. The fourth-order valence-electron chi connectivity index (χ4n) is 2.66. The Labute approximate surface area is 161 Å². The molecule has 0 bridgehead atoms. The van der Waals surface area contributed by atoms with Gasteiger partial charge in [0.1, 0.15) is 5.76 Å². The number of furan rings is 1. The number of benzene rings is 1. The van der Waals surface area contributed by atoms with Crippen LogP contribution in [-0.2, 0) is 22.6 Å². The van der Waals surface area contributed by atoms with Gasteiger partial charge in [0.05, 0.1) is 32.0 Å². The molecule has 0 aliphatic rings. The number of carbonyl (C=O) groups excluding carboxylic acids is 2. The molecule has 0 spiro atoms. The largest absolute Gasteiger partial charge is 0.468 e. The molecule has 3 rings (SSSR count).